The summed E-state index contributed by atoms with van der Waals surface area (Å²) in [5.41, 5.74) is -0.0312. The van der Waals surface area contributed by atoms with Crippen molar-refractivity contribution in [3.05, 3.63) is 0 Å². The van der Waals surface area contributed by atoms with Gasteiger partial charge in [-0.25, -0.2) is 0 Å². The average molecular weight is 168 g/mol. The number of Topliss-reactive ketones (excluding diaryl/α,β-unsaturated/α-hetero) is 1. The molecule has 2 saturated carbocycles. The fraction of sp³-hybridized carbons (Fsp3) is 0.900. The second-order valence-electron chi connectivity index (χ2n) is 4.67. The number of hydrogen-bond donors (Lipinski definition) is 1. The van der Waals surface area contributed by atoms with Crippen molar-refractivity contribution in [2.24, 2.45) is 23.2 Å². The lowest BCUT2D eigenvalue weighted by atomic mass is 9.87. The number of carbonyl (C=O) groups excluding carboxylic acids is 1. The second kappa shape index (κ2) is 2.11. The lowest BCUT2D eigenvalue weighted by Gasteiger charge is -2.20. The fourth-order valence-corrected chi connectivity index (χ4v) is 2.97. The number of rotatable bonds is 1. The molecular formula is C10H16O2. The van der Waals surface area contributed by atoms with Gasteiger partial charge in [-0.1, -0.05) is 20.8 Å². The number of aliphatic hydroxyl groups excluding tert-OH is 1. The molecule has 2 rings (SSSR count). The summed E-state index contributed by atoms with van der Waals surface area (Å²) in [4.78, 5) is 11.4. The molecule has 0 saturated heterocycles. The summed E-state index contributed by atoms with van der Waals surface area (Å²) >= 11 is 0. The molecule has 0 aromatic heterocycles. The quantitative estimate of drug-likeness (QED) is 0.639. The predicted molar refractivity (Wildman–Crippen MR) is 45.6 cm³/mol. The number of fused-ring (bicyclic) bond motifs is 1. The van der Waals surface area contributed by atoms with E-state index in [1.165, 1.54) is 0 Å². The molecule has 1 N–H and O–H groups in total. The summed E-state index contributed by atoms with van der Waals surface area (Å²) in [5, 5.41) is 9.75. The summed E-state index contributed by atoms with van der Waals surface area (Å²) in [6.07, 6.45) is 0.385. The first-order chi connectivity index (χ1) is 5.51. The van der Waals surface area contributed by atoms with Gasteiger partial charge in [0.1, 0.15) is 6.10 Å². The van der Waals surface area contributed by atoms with Crippen LogP contribution in [0.1, 0.15) is 27.2 Å². The van der Waals surface area contributed by atoms with Gasteiger partial charge in [-0.2, -0.15) is 0 Å². The zero-order valence-corrected chi connectivity index (χ0v) is 7.87. The predicted octanol–water partition coefficient (Wildman–Crippen LogP) is 1.23. The van der Waals surface area contributed by atoms with Crippen LogP contribution in [0, 0.1) is 23.2 Å². The van der Waals surface area contributed by atoms with Crippen molar-refractivity contribution >= 4 is 5.78 Å². The Balaban J connectivity index is 2.30. The molecule has 0 aromatic rings. The van der Waals surface area contributed by atoms with Crippen LogP contribution in [0.15, 0.2) is 0 Å². The molecule has 2 fully saturated rings. The number of hydrogen-bond acceptors (Lipinski definition) is 2. The van der Waals surface area contributed by atoms with Crippen molar-refractivity contribution in [1.29, 1.82) is 0 Å². The fourth-order valence-electron chi connectivity index (χ4n) is 2.97. The summed E-state index contributed by atoms with van der Waals surface area (Å²) < 4.78 is 0. The summed E-state index contributed by atoms with van der Waals surface area (Å²) in [6, 6.07) is 0. The van der Waals surface area contributed by atoms with Gasteiger partial charge < -0.3 is 5.11 Å². The van der Waals surface area contributed by atoms with Crippen LogP contribution in [-0.4, -0.2) is 17.0 Å². The SMILES string of the molecule is CC(C)[C@@]12C[C@@H]1[C@H](C)C(=O)[C@@H]2O. The van der Waals surface area contributed by atoms with Crippen molar-refractivity contribution < 1.29 is 9.90 Å². The molecule has 0 amide bonds. The summed E-state index contributed by atoms with van der Waals surface area (Å²) in [5.74, 6) is 1.08. The number of ketones is 1. The number of carbonyl (C=O) groups is 1. The van der Waals surface area contributed by atoms with Gasteiger partial charge in [-0.05, 0) is 18.3 Å². The van der Waals surface area contributed by atoms with Crippen LogP contribution in [0.25, 0.3) is 0 Å². The van der Waals surface area contributed by atoms with Crippen LogP contribution in [0.5, 0.6) is 0 Å². The molecule has 0 radical (unpaired) electrons. The Bertz CT molecular complexity index is 234. The third-order valence-corrected chi connectivity index (χ3v) is 4.01. The molecule has 0 spiro atoms. The Morgan fingerprint density at radius 1 is 1.58 bits per heavy atom. The van der Waals surface area contributed by atoms with Crippen LogP contribution in [0.4, 0.5) is 0 Å². The average Bonchev–Trinajstić information content (AvgIpc) is 2.71. The molecule has 2 heteroatoms. The van der Waals surface area contributed by atoms with Gasteiger partial charge in [0.15, 0.2) is 5.78 Å². The smallest absolute Gasteiger partial charge is 0.164 e. The van der Waals surface area contributed by atoms with Gasteiger partial charge in [0, 0.05) is 11.3 Å². The first-order valence-corrected chi connectivity index (χ1v) is 4.73. The van der Waals surface area contributed by atoms with Gasteiger partial charge in [-0.3, -0.25) is 4.79 Å². The highest BCUT2D eigenvalue weighted by Crippen LogP contribution is 2.68. The van der Waals surface area contributed by atoms with Gasteiger partial charge >= 0.3 is 0 Å². The molecule has 4 atom stereocenters. The molecule has 2 nitrogen and oxygen atoms in total. The first-order valence-electron chi connectivity index (χ1n) is 4.73. The zero-order chi connectivity index (χ0) is 9.09. The third-order valence-electron chi connectivity index (χ3n) is 4.01. The van der Waals surface area contributed by atoms with Gasteiger partial charge in [0.25, 0.3) is 0 Å². The molecule has 0 heterocycles. The summed E-state index contributed by atoms with van der Waals surface area (Å²) in [7, 11) is 0. The Hall–Kier alpha value is -0.370. The zero-order valence-electron chi connectivity index (χ0n) is 7.87. The topological polar surface area (TPSA) is 37.3 Å². The Kier molecular flexibility index (Phi) is 1.45. The highest BCUT2D eigenvalue weighted by atomic mass is 16.3. The highest BCUT2D eigenvalue weighted by Gasteiger charge is 2.70. The Morgan fingerprint density at radius 3 is 2.42 bits per heavy atom. The molecule has 2 aliphatic carbocycles. The van der Waals surface area contributed by atoms with E-state index in [-0.39, 0.29) is 17.1 Å². The lowest BCUT2D eigenvalue weighted by molar-refractivity contribution is -0.130. The largest absolute Gasteiger partial charge is 0.385 e. The van der Waals surface area contributed by atoms with Crippen LogP contribution >= 0.6 is 0 Å². The van der Waals surface area contributed by atoms with Crippen molar-refractivity contribution in [3.63, 3.8) is 0 Å². The molecule has 0 unspecified atom stereocenters. The molecule has 12 heavy (non-hydrogen) atoms. The van der Waals surface area contributed by atoms with E-state index in [1.54, 1.807) is 0 Å². The van der Waals surface area contributed by atoms with E-state index < -0.39 is 6.10 Å². The highest BCUT2D eigenvalue weighted by molar-refractivity contribution is 5.90. The van der Waals surface area contributed by atoms with Crippen LogP contribution in [0.2, 0.25) is 0 Å². The van der Waals surface area contributed by atoms with Crippen LogP contribution in [-0.2, 0) is 4.79 Å². The standard InChI is InChI=1S/C10H16O2/c1-5(2)10-4-7(10)6(3)8(11)9(10)12/h5-7,9,12H,4H2,1-3H3/t6-,7+,9-,10-/m0/s1. The Morgan fingerprint density at radius 2 is 2.17 bits per heavy atom. The van der Waals surface area contributed by atoms with Crippen LogP contribution in [0.3, 0.4) is 0 Å². The maximum absolute atomic E-state index is 11.4. The summed E-state index contributed by atoms with van der Waals surface area (Å²) in [6.45, 7) is 6.16. The maximum Gasteiger partial charge on any atom is 0.164 e. The monoisotopic (exact) mass is 168 g/mol. The molecule has 0 aliphatic heterocycles. The minimum absolute atomic E-state index is 0.0312. The molecular weight excluding hydrogens is 152 g/mol. The minimum Gasteiger partial charge on any atom is -0.385 e. The van der Waals surface area contributed by atoms with Gasteiger partial charge in [0.05, 0.1) is 0 Å². The molecule has 0 aromatic carbocycles. The molecule has 68 valence electrons. The van der Waals surface area contributed by atoms with Crippen LogP contribution < -0.4 is 0 Å². The normalized spacial score (nSPS) is 51.4. The van der Waals surface area contributed by atoms with E-state index in [4.69, 9.17) is 0 Å². The van der Waals surface area contributed by atoms with E-state index in [0.717, 1.165) is 6.42 Å². The molecule has 0 bridgehead atoms. The van der Waals surface area contributed by atoms with E-state index in [9.17, 15) is 9.90 Å². The van der Waals surface area contributed by atoms with E-state index in [0.29, 0.717) is 11.8 Å². The maximum atomic E-state index is 11.4. The van der Waals surface area contributed by atoms with E-state index in [1.807, 2.05) is 6.92 Å². The molecule has 2 aliphatic rings. The van der Waals surface area contributed by atoms with Crippen molar-refractivity contribution in [3.8, 4) is 0 Å². The number of aliphatic hydroxyl groups is 1. The second-order valence-corrected chi connectivity index (χ2v) is 4.67. The minimum atomic E-state index is -0.669. The third kappa shape index (κ3) is 0.674. The van der Waals surface area contributed by atoms with Gasteiger partial charge in [-0.15, -0.1) is 0 Å². The van der Waals surface area contributed by atoms with E-state index in [2.05, 4.69) is 13.8 Å². The van der Waals surface area contributed by atoms with E-state index >= 15 is 0 Å². The van der Waals surface area contributed by atoms with Crippen molar-refractivity contribution in [2.45, 2.75) is 33.3 Å². The Labute approximate surface area is 73.0 Å². The first kappa shape index (κ1) is 8.24. The van der Waals surface area contributed by atoms with Crippen molar-refractivity contribution in [1.82, 2.24) is 0 Å². The lowest BCUT2D eigenvalue weighted by Crippen LogP contribution is -2.31. The van der Waals surface area contributed by atoms with Crippen molar-refractivity contribution in [2.75, 3.05) is 0 Å². The van der Waals surface area contributed by atoms with Gasteiger partial charge in [0.2, 0.25) is 0 Å².